The first-order valence-electron chi connectivity index (χ1n) is 8.39. The lowest BCUT2D eigenvalue weighted by Gasteiger charge is -2.21. The summed E-state index contributed by atoms with van der Waals surface area (Å²) in [5, 5.41) is 3.69. The third kappa shape index (κ3) is 6.38. The zero-order valence-corrected chi connectivity index (χ0v) is 13.3. The minimum atomic E-state index is 0.728. The minimum absolute atomic E-state index is 0.728. The van der Waals surface area contributed by atoms with Crippen LogP contribution in [0.5, 0.6) is 11.5 Å². The Balaban J connectivity index is 1.56. The van der Waals surface area contributed by atoms with E-state index in [2.05, 4.69) is 5.32 Å². The molecule has 1 N–H and O–H groups in total. The van der Waals surface area contributed by atoms with Crippen LogP contribution in [-0.2, 0) is 0 Å². The highest BCUT2D eigenvalue weighted by Gasteiger charge is 2.09. The molecular formula is C18H29NO2. The molecule has 1 fully saturated rings. The van der Waals surface area contributed by atoms with Gasteiger partial charge in [0.2, 0.25) is 0 Å². The number of nitrogens with one attached hydrogen (secondary N) is 1. The maximum Gasteiger partial charge on any atom is 0.119 e. The number of benzene rings is 1. The number of ether oxygens (including phenoxy) is 2. The molecular weight excluding hydrogens is 262 g/mol. The fourth-order valence-electron chi connectivity index (χ4n) is 2.90. The molecule has 0 unspecified atom stereocenters. The highest BCUT2D eigenvalue weighted by Crippen LogP contribution is 2.18. The largest absolute Gasteiger partial charge is 0.497 e. The summed E-state index contributed by atoms with van der Waals surface area (Å²) in [6, 6.07) is 8.51. The molecule has 0 aromatic heterocycles. The van der Waals surface area contributed by atoms with Crippen LogP contribution in [0.2, 0.25) is 0 Å². The van der Waals surface area contributed by atoms with Crippen molar-refractivity contribution >= 4 is 0 Å². The van der Waals surface area contributed by atoms with Crippen LogP contribution in [0.15, 0.2) is 24.3 Å². The normalized spacial score (nSPS) is 17.0. The van der Waals surface area contributed by atoms with E-state index in [0.717, 1.165) is 37.1 Å². The van der Waals surface area contributed by atoms with E-state index in [1.807, 2.05) is 24.3 Å². The molecule has 0 atom stereocenters. The van der Waals surface area contributed by atoms with Crippen LogP contribution in [0, 0.1) is 0 Å². The molecule has 1 aliphatic carbocycles. The third-order valence-corrected chi connectivity index (χ3v) is 4.19. The predicted octanol–water partition coefficient (Wildman–Crippen LogP) is 4.17. The standard InChI is InChI=1S/C18H29NO2/c1-20-17-10-12-18(13-11-17)21-15-7-14-19-16-8-5-3-2-4-6-9-16/h10-13,16,19H,2-9,14-15H2,1H3. The van der Waals surface area contributed by atoms with Gasteiger partial charge in [0.25, 0.3) is 0 Å². The fourth-order valence-corrected chi connectivity index (χ4v) is 2.90. The SMILES string of the molecule is COc1ccc(OCCCNC2CCCCCCC2)cc1. The second-order valence-electron chi connectivity index (χ2n) is 5.87. The Morgan fingerprint density at radius 3 is 2.24 bits per heavy atom. The average molecular weight is 291 g/mol. The van der Waals surface area contributed by atoms with Crippen LogP contribution < -0.4 is 14.8 Å². The first-order chi connectivity index (χ1) is 10.4. The van der Waals surface area contributed by atoms with Crippen LogP contribution in [0.4, 0.5) is 0 Å². The van der Waals surface area contributed by atoms with Gasteiger partial charge in [-0.2, -0.15) is 0 Å². The summed E-state index contributed by atoms with van der Waals surface area (Å²) in [5.41, 5.74) is 0. The number of hydrogen-bond donors (Lipinski definition) is 1. The van der Waals surface area contributed by atoms with Crippen molar-refractivity contribution in [2.45, 2.75) is 57.4 Å². The Hall–Kier alpha value is -1.22. The van der Waals surface area contributed by atoms with Gasteiger partial charge in [-0.25, -0.2) is 0 Å². The fraction of sp³-hybridized carbons (Fsp3) is 0.667. The van der Waals surface area contributed by atoms with Crippen molar-refractivity contribution in [3.8, 4) is 11.5 Å². The Kier molecular flexibility index (Phi) is 7.44. The maximum absolute atomic E-state index is 5.74. The van der Waals surface area contributed by atoms with E-state index >= 15 is 0 Å². The monoisotopic (exact) mass is 291 g/mol. The van der Waals surface area contributed by atoms with Gasteiger partial charge in [0.1, 0.15) is 11.5 Å². The van der Waals surface area contributed by atoms with Gasteiger partial charge in [-0.3, -0.25) is 0 Å². The van der Waals surface area contributed by atoms with Gasteiger partial charge in [-0.15, -0.1) is 0 Å². The molecule has 0 saturated heterocycles. The molecule has 1 aromatic rings. The zero-order chi connectivity index (χ0) is 14.8. The van der Waals surface area contributed by atoms with Crippen molar-refractivity contribution in [2.24, 2.45) is 0 Å². The summed E-state index contributed by atoms with van der Waals surface area (Å²) >= 11 is 0. The van der Waals surface area contributed by atoms with Gasteiger partial charge in [0.05, 0.1) is 13.7 Å². The maximum atomic E-state index is 5.74. The van der Waals surface area contributed by atoms with Crippen molar-refractivity contribution in [1.29, 1.82) is 0 Å². The second-order valence-corrected chi connectivity index (χ2v) is 5.87. The molecule has 1 saturated carbocycles. The van der Waals surface area contributed by atoms with Crippen LogP contribution in [-0.4, -0.2) is 26.3 Å². The third-order valence-electron chi connectivity index (χ3n) is 4.19. The van der Waals surface area contributed by atoms with E-state index in [0.29, 0.717) is 0 Å². The van der Waals surface area contributed by atoms with Gasteiger partial charge < -0.3 is 14.8 Å². The summed E-state index contributed by atoms with van der Waals surface area (Å²) in [5.74, 6) is 1.79. The molecule has 0 bridgehead atoms. The summed E-state index contributed by atoms with van der Waals surface area (Å²) in [4.78, 5) is 0. The van der Waals surface area contributed by atoms with Gasteiger partial charge >= 0.3 is 0 Å². The van der Waals surface area contributed by atoms with E-state index in [1.165, 1.54) is 44.9 Å². The molecule has 2 rings (SSSR count). The molecule has 118 valence electrons. The van der Waals surface area contributed by atoms with Crippen molar-refractivity contribution in [1.82, 2.24) is 5.32 Å². The van der Waals surface area contributed by atoms with Crippen LogP contribution in [0.3, 0.4) is 0 Å². The van der Waals surface area contributed by atoms with Crippen LogP contribution in [0.25, 0.3) is 0 Å². The van der Waals surface area contributed by atoms with Crippen molar-refractivity contribution in [2.75, 3.05) is 20.3 Å². The number of methoxy groups -OCH3 is 1. The lowest BCUT2D eigenvalue weighted by atomic mass is 9.97. The first kappa shape index (κ1) is 16.2. The second kappa shape index (κ2) is 9.67. The van der Waals surface area contributed by atoms with E-state index in [9.17, 15) is 0 Å². The highest BCUT2D eigenvalue weighted by molar-refractivity contribution is 5.31. The van der Waals surface area contributed by atoms with Crippen molar-refractivity contribution < 1.29 is 9.47 Å². The number of rotatable bonds is 7. The molecule has 3 nitrogen and oxygen atoms in total. The molecule has 0 heterocycles. The van der Waals surface area contributed by atoms with E-state index in [1.54, 1.807) is 7.11 Å². The molecule has 1 aliphatic rings. The molecule has 0 spiro atoms. The molecule has 1 aromatic carbocycles. The van der Waals surface area contributed by atoms with Crippen LogP contribution in [0.1, 0.15) is 51.4 Å². The van der Waals surface area contributed by atoms with E-state index in [4.69, 9.17) is 9.47 Å². The van der Waals surface area contributed by atoms with Crippen molar-refractivity contribution in [3.63, 3.8) is 0 Å². The summed E-state index contributed by atoms with van der Waals surface area (Å²) in [6.07, 6.45) is 10.8. The van der Waals surface area contributed by atoms with E-state index < -0.39 is 0 Å². The topological polar surface area (TPSA) is 30.5 Å². The van der Waals surface area contributed by atoms with Gasteiger partial charge in [-0.05, 0) is 50.1 Å². The average Bonchev–Trinajstić information content (AvgIpc) is 2.49. The van der Waals surface area contributed by atoms with Gasteiger partial charge in [0.15, 0.2) is 0 Å². The summed E-state index contributed by atoms with van der Waals surface area (Å²) < 4.78 is 10.9. The summed E-state index contributed by atoms with van der Waals surface area (Å²) in [6.45, 7) is 1.83. The molecule has 3 heteroatoms. The molecule has 0 aliphatic heterocycles. The Morgan fingerprint density at radius 1 is 0.952 bits per heavy atom. The first-order valence-corrected chi connectivity index (χ1v) is 8.39. The van der Waals surface area contributed by atoms with Crippen LogP contribution >= 0.6 is 0 Å². The minimum Gasteiger partial charge on any atom is -0.497 e. The zero-order valence-electron chi connectivity index (χ0n) is 13.3. The molecule has 0 radical (unpaired) electrons. The lowest BCUT2D eigenvalue weighted by Crippen LogP contribution is -2.31. The van der Waals surface area contributed by atoms with Gasteiger partial charge in [0, 0.05) is 6.04 Å². The van der Waals surface area contributed by atoms with Crippen molar-refractivity contribution in [3.05, 3.63) is 24.3 Å². The molecule has 21 heavy (non-hydrogen) atoms. The Morgan fingerprint density at radius 2 is 1.57 bits per heavy atom. The summed E-state index contributed by atoms with van der Waals surface area (Å²) in [7, 11) is 1.68. The highest BCUT2D eigenvalue weighted by atomic mass is 16.5. The lowest BCUT2D eigenvalue weighted by molar-refractivity contribution is 0.298. The predicted molar refractivity (Wildman–Crippen MR) is 87.2 cm³/mol. The van der Waals surface area contributed by atoms with E-state index in [-0.39, 0.29) is 0 Å². The Labute approximate surface area is 129 Å². The van der Waals surface area contributed by atoms with Gasteiger partial charge in [-0.1, -0.05) is 32.1 Å². The Bertz CT molecular complexity index is 369. The quantitative estimate of drug-likeness (QED) is 0.765. The number of hydrogen-bond acceptors (Lipinski definition) is 3. The molecule has 0 amide bonds. The smallest absolute Gasteiger partial charge is 0.119 e.